The Hall–Kier alpha value is -1.70. The highest BCUT2D eigenvalue weighted by Gasteiger charge is 2.09. The molecule has 0 unspecified atom stereocenters. The van der Waals surface area contributed by atoms with Gasteiger partial charge in [0.15, 0.2) is 11.6 Å². The molecule has 0 fully saturated rings. The molecule has 0 radical (unpaired) electrons. The van der Waals surface area contributed by atoms with Gasteiger partial charge in [0.25, 0.3) is 0 Å². The highest BCUT2D eigenvalue weighted by molar-refractivity contribution is 5.64. The standard InChI is InChI=1S/C21H26F2/c1-2-3-4-5-6-7-8-10-17-13-15-18(16-14-17)19-11-9-12-20(22)21(19)23/h9,11-16H,2-8,10H2,1H3. The Morgan fingerprint density at radius 2 is 1.39 bits per heavy atom. The van der Waals surface area contributed by atoms with Crippen LogP contribution in [0.15, 0.2) is 42.5 Å². The van der Waals surface area contributed by atoms with Crippen molar-refractivity contribution in [3.8, 4) is 11.1 Å². The fraction of sp³-hybridized carbons (Fsp3) is 0.429. The number of halogens is 2. The number of rotatable bonds is 9. The number of benzene rings is 2. The van der Waals surface area contributed by atoms with Crippen molar-refractivity contribution < 1.29 is 8.78 Å². The summed E-state index contributed by atoms with van der Waals surface area (Å²) in [5.74, 6) is -1.57. The third-order valence-corrected chi connectivity index (χ3v) is 4.29. The topological polar surface area (TPSA) is 0 Å². The molecule has 0 aliphatic carbocycles. The van der Waals surface area contributed by atoms with E-state index in [0.717, 1.165) is 18.1 Å². The summed E-state index contributed by atoms with van der Waals surface area (Å²) in [6.07, 6.45) is 10.2. The predicted octanol–water partition coefficient (Wildman–Crippen LogP) is 6.92. The van der Waals surface area contributed by atoms with Gasteiger partial charge in [-0.25, -0.2) is 8.78 Å². The van der Waals surface area contributed by atoms with E-state index < -0.39 is 11.6 Å². The van der Waals surface area contributed by atoms with Crippen molar-refractivity contribution in [2.24, 2.45) is 0 Å². The number of hydrogen-bond acceptors (Lipinski definition) is 0. The minimum atomic E-state index is -0.797. The first kappa shape index (κ1) is 17.7. The van der Waals surface area contributed by atoms with E-state index in [4.69, 9.17) is 0 Å². The zero-order valence-corrected chi connectivity index (χ0v) is 14.0. The van der Waals surface area contributed by atoms with E-state index in [9.17, 15) is 8.78 Å². The van der Waals surface area contributed by atoms with Gasteiger partial charge < -0.3 is 0 Å². The average molecular weight is 316 g/mol. The van der Waals surface area contributed by atoms with Crippen LogP contribution in [-0.2, 0) is 6.42 Å². The summed E-state index contributed by atoms with van der Waals surface area (Å²) in [6.45, 7) is 2.24. The van der Waals surface area contributed by atoms with Gasteiger partial charge in [-0.15, -0.1) is 0 Å². The molecule has 0 aliphatic heterocycles. The van der Waals surface area contributed by atoms with Crippen molar-refractivity contribution in [3.63, 3.8) is 0 Å². The number of hydrogen-bond donors (Lipinski definition) is 0. The molecule has 0 aromatic heterocycles. The molecule has 0 nitrogen and oxygen atoms in total. The second-order valence-electron chi connectivity index (χ2n) is 6.17. The van der Waals surface area contributed by atoms with Crippen LogP contribution in [0.1, 0.15) is 57.4 Å². The van der Waals surface area contributed by atoms with Gasteiger partial charge in [-0.05, 0) is 30.0 Å². The van der Waals surface area contributed by atoms with Gasteiger partial charge in [-0.1, -0.05) is 81.8 Å². The molecule has 0 saturated carbocycles. The molecule has 2 aromatic carbocycles. The molecule has 0 aliphatic rings. The lowest BCUT2D eigenvalue weighted by Crippen LogP contribution is -1.90. The van der Waals surface area contributed by atoms with Crippen LogP contribution >= 0.6 is 0 Å². The molecule has 2 heteroatoms. The van der Waals surface area contributed by atoms with E-state index in [1.165, 1.54) is 50.5 Å². The largest absolute Gasteiger partial charge is 0.204 e. The fourth-order valence-electron chi connectivity index (χ4n) is 2.86. The van der Waals surface area contributed by atoms with Crippen LogP contribution in [0.4, 0.5) is 8.78 Å². The Bertz CT molecular complexity index is 587. The first-order chi connectivity index (χ1) is 11.2. The third-order valence-electron chi connectivity index (χ3n) is 4.29. The summed E-state index contributed by atoms with van der Waals surface area (Å²) in [5.41, 5.74) is 2.32. The second kappa shape index (κ2) is 9.44. The van der Waals surface area contributed by atoms with Crippen LogP contribution in [0.5, 0.6) is 0 Å². The van der Waals surface area contributed by atoms with E-state index in [2.05, 4.69) is 6.92 Å². The maximum atomic E-state index is 13.8. The molecule has 0 amide bonds. The molecule has 0 bridgehead atoms. The first-order valence-electron chi connectivity index (χ1n) is 8.75. The lowest BCUT2D eigenvalue weighted by molar-refractivity contribution is 0.511. The van der Waals surface area contributed by atoms with Crippen LogP contribution in [-0.4, -0.2) is 0 Å². The molecule has 124 valence electrons. The van der Waals surface area contributed by atoms with E-state index >= 15 is 0 Å². The maximum absolute atomic E-state index is 13.8. The van der Waals surface area contributed by atoms with E-state index in [0.29, 0.717) is 5.56 Å². The smallest absolute Gasteiger partial charge is 0.166 e. The average Bonchev–Trinajstić information content (AvgIpc) is 2.57. The number of unbranched alkanes of at least 4 members (excludes halogenated alkanes) is 6. The molecule has 2 aromatic rings. The molecular formula is C21H26F2. The number of aryl methyl sites for hydroxylation is 1. The van der Waals surface area contributed by atoms with Crippen LogP contribution in [0.25, 0.3) is 11.1 Å². The summed E-state index contributed by atoms with van der Waals surface area (Å²) in [5, 5.41) is 0. The van der Waals surface area contributed by atoms with Gasteiger partial charge in [0.1, 0.15) is 0 Å². The molecule has 2 rings (SSSR count). The minimum absolute atomic E-state index is 0.326. The molecule has 0 atom stereocenters. The van der Waals surface area contributed by atoms with Gasteiger partial charge in [-0.2, -0.15) is 0 Å². The van der Waals surface area contributed by atoms with Gasteiger partial charge in [-0.3, -0.25) is 0 Å². The summed E-state index contributed by atoms with van der Waals surface area (Å²) in [4.78, 5) is 0. The van der Waals surface area contributed by atoms with Crippen LogP contribution in [0.3, 0.4) is 0 Å². The van der Waals surface area contributed by atoms with Crippen molar-refractivity contribution >= 4 is 0 Å². The maximum Gasteiger partial charge on any atom is 0.166 e. The Morgan fingerprint density at radius 3 is 2.09 bits per heavy atom. The molecular weight excluding hydrogens is 290 g/mol. The van der Waals surface area contributed by atoms with E-state index in [1.807, 2.05) is 24.3 Å². The van der Waals surface area contributed by atoms with Gasteiger partial charge in [0.05, 0.1) is 0 Å². The Morgan fingerprint density at radius 1 is 0.739 bits per heavy atom. The summed E-state index contributed by atoms with van der Waals surface area (Å²) in [6, 6.07) is 12.1. The lowest BCUT2D eigenvalue weighted by atomic mass is 10.0. The Balaban J connectivity index is 1.82. The minimum Gasteiger partial charge on any atom is -0.204 e. The van der Waals surface area contributed by atoms with Gasteiger partial charge in [0.2, 0.25) is 0 Å². The van der Waals surface area contributed by atoms with Gasteiger partial charge >= 0.3 is 0 Å². The lowest BCUT2D eigenvalue weighted by Gasteiger charge is -2.06. The molecule has 0 spiro atoms. The van der Waals surface area contributed by atoms with Crippen LogP contribution in [0, 0.1) is 11.6 Å². The fourth-order valence-corrected chi connectivity index (χ4v) is 2.86. The highest BCUT2D eigenvalue weighted by atomic mass is 19.2. The second-order valence-corrected chi connectivity index (χ2v) is 6.17. The van der Waals surface area contributed by atoms with Crippen molar-refractivity contribution in [2.45, 2.75) is 58.3 Å². The quantitative estimate of drug-likeness (QED) is 0.440. The van der Waals surface area contributed by atoms with Crippen molar-refractivity contribution in [1.82, 2.24) is 0 Å². The molecule has 0 N–H and O–H groups in total. The van der Waals surface area contributed by atoms with Crippen molar-refractivity contribution in [1.29, 1.82) is 0 Å². The summed E-state index contributed by atoms with van der Waals surface area (Å²) in [7, 11) is 0. The zero-order chi connectivity index (χ0) is 16.5. The SMILES string of the molecule is CCCCCCCCCc1ccc(-c2cccc(F)c2F)cc1. The Labute approximate surface area is 138 Å². The predicted molar refractivity (Wildman–Crippen MR) is 93.5 cm³/mol. The normalized spacial score (nSPS) is 10.9. The summed E-state index contributed by atoms with van der Waals surface area (Å²) < 4.78 is 27.1. The van der Waals surface area contributed by atoms with E-state index in [1.54, 1.807) is 12.1 Å². The van der Waals surface area contributed by atoms with Crippen LogP contribution in [0.2, 0.25) is 0 Å². The third kappa shape index (κ3) is 5.46. The highest BCUT2D eigenvalue weighted by Crippen LogP contribution is 2.25. The van der Waals surface area contributed by atoms with Crippen molar-refractivity contribution in [3.05, 3.63) is 59.7 Å². The molecule has 23 heavy (non-hydrogen) atoms. The van der Waals surface area contributed by atoms with Crippen LogP contribution < -0.4 is 0 Å². The Kier molecular flexibility index (Phi) is 7.25. The zero-order valence-electron chi connectivity index (χ0n) is 14.0. The summed E-state index contributed by atoms with van der Waals surface area (Å²) >= 11 is 0. The molecule has 0 heterocycles. The van der Waals surface area contributed by atoms with Crippen molar-refractivity contribution in [2.75, 3.05) is 0 Å². The molecule has 0 saturated heterocycles. The first-order valence-corrected chi connectivity index (χ1v) is 8.75. The monoisotopic (exact) mass is 316 g/mol. The van der Waals surface area contributed by atoms with E-state index in [-0.39, 0.29) is 0 Å². The van der Waals surface area contributed by atoms with Gasteiger partial charge in [0, 0.05) is 5.56 Å².